The molecule has 0 amide bonds. The number of allylic oxidation sites excluding steroid dienone is 1. The molecular formula is C7H13NO3S. The molecule has 0 aliphatic heterocycles. The average Bonchev–Trinajstić information content (AvgIpc) is 1.97. The monoisotopic (exact) mass is 191 g/mol. The standard InChI is InChI=1S/C7H13NO3S/c1-3-7(8)5-4-6(2)12(9,10)11/h4-5,7H,2-3,8H2,1H3,(H,9,10,11)/b5-4-/t7-/m1/s1. The van der Waals surface area contributed by atoms with Gasteiger partial charge in [0.25, 0.3) is 10.1 Å². The molecule has 3 N–H and O–H groups in total. The molecule has 0 unspecified atom stereocenters. The number of nitrogens with two attached hydrogens (primary N) is 1. The highest BCUT2D eigenvalue weighted by molar-refractivity contribution is 7.90. The highest BCUT2D eigenvalue weighted by Crippen LogP contribution is 2.02. The first-order valence-electron chi connectivity index (χ1n) is 3.48. The summed E-state index contributed by atoms with van der Waals surface area (Å²) in [6.07, 6.45) is 3.38. The molecular weight excluding hydrogens is 178 g/mol. The lowest BCUT2D eigenvalue weighted by atomic mass is 10.2. The van der Waals surface area contributed by atoms with E-state index in [-0.39, 0.29) is 10.9 Å². The van der Waals surface area contributed by atoms with Crippen LogP contribution >= 0.6 is 0 Å². The van der Waals surface area contributed by atoms with Crippen LogP contribution in [0.15, 0.2) is 23.6 Å². The van der Waals surface area contributed by atoms with Crippen LogP contribution < -0.4 is 5.73 Å². The van der Waals surface area contributed by atoms with Gasteiger partial charge in [-0.2, -0.15) is 8.42 Å². The van der Waals surface area contributed by atoms with Crippen molar-refractivity contribution < 1.29 is 13.0 Å². The third kappa shape index (κ3) is 4.27. The van der Waals surface area contributed by atoms with Crippen LogP contribution in [-0.4, -0.2) is 19.0 Å². The van der Waals surface area contributed by atoms with Gasteiger partial charge in [0.1, 0.15) is 0 Å². The van der Waals surface area contributed by atoms with E-state index in [2.05, 4.69) is 6.58 Å². The highest BCUT2D eigenvalue weighted by Gasteiger charge is 2.06. The van der Waals surface area contributed by atoms with Crippen LogP contribution in [0.25, 0.3) is 0 Å². The third-order valence-electron chi connectivity index (χ3n) is 1.33. The molecule has 0 aromatic rings. The van der Waals surface area contributed by atoms with Crippen molar-refractivity contribution >= 4 is 10.1 Å². The molecule has 1 atom stereocenters. The smallest absolute Gasteiger partial charge is 0.293 e. The maximum Gasteiger partial charge on any atom is 0.293 e. The molecule has 0 bridgehead atoms. The zero-order valence-corrected chi connectivity index (χ0v) is 7.71. The molecule has 0 saturated carbocycles. The van der Waals surface area contributed by atoms with E-state index in [1.54, 1.807) is 0 Å². The summed E-state index contributed by atoms with van der Waals surface area (Å²) in [5, 5.41) is 0. The molecule has 70 valence electrons. The maximum absolute atomic E-state index is 10.4. The molecule has 0 aromatic carbocycles. The molecule has 0 saturated heterocycles. The second-order valence-electron chi connectivity index (χ2n) is 2.37. The quantitative estimate of drug-likeness (QED) is 0.506. The summed E-state index contributed by atoms with van der Waals surface area (Å²) in [5.41, 5.74) is 5.46. The lowest BCUT2D eigenvalue weighted by Crippen LogP contribution is -2.14. The van der Waals surface area contributed by atoms with Crippen molar-refractivity contribution in [1.82, 2.24) is 0 Å². The van der Waals surface area contributed by atoms with E-state index in [0.717, 1.165) is 0 Å². The van der Waals surface area contributed by atoms with E-state index in [0.29, 0.717) is 6.42 Å². The molecule has 0 aromatic heterocycles. The summed E-state index contributed by atoms with van der Waals surface area (Å²) in [6.45, 7) is 5.02. The van der Waals surface area contributed by atoms with Gasteiger partial charge in [-0.3, -0.25) is 4.55 Å². The van der Waals surface area contributed by atoms with Gasteiger partial charge in [0, 0.05) is 6.04 Å². The maximum atomic E-state index is 10.4. The summed E-state index contributed by atoms with van der Waals surface area (Å²) in [6, 6.07) is -0.205. The summed E-state index contributed by atoms with van der Waals surface area (Å²) >= 11 is 0. The summed E-state index contributed by atoms with van der Waals surface area (Å²) < 4.78 is 29.2. The van der Waals surface area contributed by atoms with Gasteiger partial charge in [-0.25, -0.2) is 0 Å². The fourth-order valence-electron chi connectivity index (χ4n) is 0.453. The zero-order valence-electron chi connectivity index (χ0n) is 6.90. The van der Waals surface area contributed by atoms with Gasteiger partial charge in [0.15, 0.2) is 0 Å². The van der Waals surface area contributed by atoms with Crippen LogP contribution in [0.2, 0.25) is 0 Å². The van der Waals surface area contributed by atoms with Gasteiger partial charge in [-0.1, -0.05) is 19.6 Å². The number of hydrogen-bond acceptors (Lipinski definition) is 3. The van der Waals surface area contributed by atoms with Crippen LogP contribution in [0.3, 0.4) is 0 Å². The fraction of sp³-hybridized carbons (Fsp3) is 0.429. The second-order valence-corrected chi connectivity index (χ2v) is 3.85. The zero-order chi connectivity index (χ0) is 9.78. The Hall–Kier alpha value is -0.650. The Morgan fingerprint density at radius 2 is 2.25 bits per heavy atom. The number of rotatable bonds is 4. The summed E-state index contributed by atoms with van der Waals surface area (Å²) in [7, 11) is -4.14. The largest absolute Gasteiger partial charge is 0.324 e. The Labute approximate surface area is 72.5 Å². The Kier molecular flexibility index (Phi) is 4.16. The molecule has 0 rings (SSSR count). The molecule has 0 radical (unpaired) electrons. The van der Waals surface area contributed by atoms with Crippen LogP contribution in [0, 0.1) is 0 Å². The van der Waals surface area contributed by atoms with E-state index >= 15 is 0 Å². The van der Waals surface area contributed by atoms with Crippen LogP contribution in [-0.2, 0) is 10.1 Å². The van der Waals surface area contributed by atoms with Crippen LogP contribution in [0.5, 0.6) is 0 Å². The minimum atomic E-state index is -4.14. The van der Waals surface area contributed by atoms with Crippen molar-refractivity contribution in [3.8, 4) is 0 Å². The minimum absolute atomic E-state index is 0.205. The van der Waals surface area contributed by atoms with E-state index < -0.39 is 10.1 Å². The predicted molar refractivity (Wildman–Crippen MR) is 48.1 cm³/mol. The van der Waals surface area contributed by atoms with Gasteiger partial charge >= 0.3 is 0 Å². The SMILES string of the molecule is C=C(/C=C\[C@H](N)CC)S(=O)(=O)O. The predicted octanol–water partition coefficient (Wildman–Crippen LogP) is 0.681. The summed E-state index contributed by atoms with van der Waals surface area (Å²) in [5.74, 6) is 0. The van der Waals surface area contributed by atoms with Gasteiger partial charge in [-0.15, -0.1) is 0 Å². The lowest BCUT2D eigenvalue weighted by Gasteiger charge is -1.99. The molecule has 0 aliphatic carbocycles. The van der Waals surface area contributed by atoms with Crippen molar-refractivity contribution in [1.29, 1.82) is 0 Å². The molecule has 0 heterocycles. The van der Waals surface area contributed by atoms with E-state index in [1.807, 2.05) is 6.92 Å². The van der Waals surface area contributed by atoms with Crippen LogP contribution in [0.4, 0.5) is 0 Å². The van der Waals surface area contributed by atoms with Gasteiger partial charge in [0.2, 0.25) is 0 Å². The number of hydrogen-bond donors (Lipinski definition) is 2. The fourth-order valence-corrected chi connectivity index (χ4v) is 0.704. The van der Waals surface area contributed by atoms with E-state index in [9.17, 15) is 8.42 Å². The Morgan fingerprint density at radius 3 is 2.58 bits per heavy atom. The topological polar surface area (TPSA) is 80.4 Å². The van der Waals surface area contributed by atoms with Crippen molar-refractivity contribution in [3.63, 3.8) is 0 Å². The van der Waals surface area contributed by atoms with Crippen molar-refractivity contribution in [2.24, 2.45) is 5.73 Å². The first-order valence-corrected chi connectivity index (χ1v) is 4.92. The Bertz CT molecular complexity index is 279. The van der Waals surface area contributed by atoms with Crippen molar-refractivity contribution in [2.45, 2.75) is 19.4 Å². The van der Waals surface area contributed by atoms with Crippen LogP contribution in [0.1, 0.15) is 13.3 Å². The second kappa shape index (κ2) is 4.39. The highest BCUT2D eigenvalue weighted by atomic mass is 32.2. The molecule has 0 spiro atoms. The van der Waals surface area contributed by atoms with Gasteiger partial charge < -0.3 is 5.73 Å². The average molecular weight is 191 g/mol. The van der Waals surface area contributed by atoms with Crippen molar-refractivity contribution in [3.05, 3.63) is 23.6 Å². The first-order chi connectivity index (χ1) is 5.38. The minimum Gasteiger partial charge on any atom is -0.324 e. The molecule has 0 fully saturated rings. The molecule has 0 aliphatic rings. The van der Waals surface area contributed by atoms with E-state index in [1.165, 1.54) is 12.2 Å². The van der Waals surface area contributed by atoms with Crippen molar-refractivity contribution in [2.75, 3.05) is 0 Å². The Morgan fingerprint density at radius 1 is 1.75 bits per heavy atom. The Balaban J connectivity index is 4.30. The normalized spacial score (nSPS) is 14.9. The lowest BCUT2D eigenvalue weighted by molar-refractivity contribution is 0.492. The molecule has 5 heteroatoms. The van der Waals surface area contributed by atoms with Gasteiger partial charge in [-0.05, 0) is 12.5 Å². The third-order valence-corrected chi connectivity index (χ3v) is 2.13. The van der Waals surface area contributed by atoms with E-state index in [4.69, 9.17) is 10.3 Å². The first kappa shape index (κ1) is 11.4. The molecule has 12 heavy (non-hydrogen) atoms. The molecule has 4 nitrogen and oxygen atoms in total. The van der Waals surface area contributed by atoms with Gasteiger partial charge in [0.05, 0.1) is 4.91 Å². The summed E-state index contributed by atoms with van der Waals surface area (Å²) in [4.78, 5) is -0.341.